The van der Waals surface area contributed by atoms with Gasteiger partial charge in [0.25, 0.3) is 0 Å². The van der Waals surface area contributed by atoms with Gasteiger partial charge in [-0.2, -0.15) is 0 Å². The standard InChI is InChI=1S/C18H24N4O2/c1-12-21-17-11-19-6-5-16(17)18(22-12)20-7-4-13-8-14(23-2)10-15(9-13)24-3/h8-10,19H,4-7,11H2,1-3H3,(H,20,21,22). The summed E-state index contributed by atoms with van der Waals surface area (Å²) in [6.07, 6.45) is 1.83. The van der Waals surface area contributed by atoms with Crippen molar-refractivity contribution in [1.82, 2.24) is 15.3 Å². The van der Waals surface area contributed by atoms with Crippen LogP contribution >= 0.6 is 0 Å². The zero-order chi connectivity index (χ0) is 16.9. The van der Waals surface area contributed by atoms with Crippen LogP contribution in [-0.4, -0.2) is 37.3 Å². The molecule has 0 unspecified atom stereocenters. The summed E-state index contributed by atoms with van der Waals surface area (Å²) < 4.78 is 10.6. The Kier molecular flexibility index (Phi) is 5.15. The van der Waals surface area contributed by atoms with E-state index < -0.39 is 0 Å². The summed E-state index contributed by atoms with van der Waals surface area (Å²) in [6, 6.07) is 5.96. The Morgan fingerprint density at radius 2 is 1.88 bits per heavy atom. The molecule has 1 aromatic carbocycles. The summed E-state index contributed by atoms with van der Waals surface area (Å²) in [5.41, 5.74) is 3.52. The summed E-state index contributed by atoms with van der Waals surface area (Å²) >= 11 is 0. The van der Waals surface area contributed by atoms with E-state index >= 15 is 0 Å². The molecule has 2 heterocycles. The van der Waals surface area contributed by atoms with Crippen molar-refractivity contribution in [3.8, 4) is 11.5 Å². The van der Waals surface area contributed by atoms with Gasteiger partial charge >= 0.3 is 0 Å². The first-order valence-corrected chi connectivity index (χ1v) is 8.22. The van der Waals surface area contributed by atoms with Crippen molar-refractivity contribution >= 4 is 5.82 Å². The van der Waals surface area contributed by atoms with Crippen molar-refractivity contribution in [2.75, 3.05) is 32.6 Å². The number of aromatic nitrogens is 2. The molecule has 6 nitrogen and oxygen atoms in total. The number of anilines is 1. The molecule has 0 aliphatic carbocycles. The lowest BCUT2D eigenvalue weighted by Gasteiger charge is -2.20. The minimum atomic E-state index is 0.798. The Bertz CT molecular complexity index is 696. The van der Waals surface area contributed by atoms with E-state index in [0.29, 0.717) is 0 Å². The second-order valence-electron chi connectivity index (χ2n) is 5.87. The Hall–Kier alpha value is -2.34. The van der Waals surface area contributed by atoms with Crippen LogP contribution in [0.15, 0.2) is 18.2 Å². The molecule has 1 aromatic heterocycles. The van der Waals surface area contributed by atoms with Gasteiger partial charge in [0.15, 0.2) is 0 Å². The summed E-state index contributed by atoms with van der Waals surface area (Å²) in [7, 11) is 3.33. The van der Waals surface area contributed by atoms with Crippen molar-refractivity contribution in [3.05, 3.63) is 40.8 Å². The second kappa shape index (κ2) is 7.49. The highest BCUT2D eigenvalue weighted by molar-refractivity contribution is 5.48. The number of methoxy groups -OCH3 is 2. The molecule has 0 radical (unpaired) electrons. The molecule has 3 rings (SSSR count). The number of hydrogen-bond acceptors (Lipinski definition) is 6. The summed E-state index contributed by atoms with van der Waals surface area (Å²) in [6.45, 7) is 4.53. The van der Waals surface area contributed by atoms with E-state index in [1.54, 1.807) is 14.2 Å². The van der Waals surface area contributed by atoms with Gasteiger partial charge in [0.1, 0.15) is 23.1 Å². The third kappa shape index (κ3) is 3.76. The normalized spacial score (nSPS) is 13.3. The lowest BCUT2D eigenvalue weighted by atomic mass is 10.1. The highest BCUT2D eigenvalue weighted by Crippen LogP contribution is 2.23. The van der Waals surface area contributed by atoms with E-state index in [-0.39, 0.29) is 0 Å². The van der Waals surface area contributed by atoms with Gasteiger partial charge in [-0.15, -0.1) is 0 Å². The van der Waals surface area contributed by atoms with Crippen LogP contribution in [0.1, 0.15) is 22.6 Å². The van der Waals surface area contributed by atoms with Crippen LogP contribution in [-0.2, 0) is 19.4 Å². The van der Waals surface area contributed by atoms with E-state index in [2.05, 4.69) is 20.6 Å². The van der Waals surface area contributed by atoms with Crippen LogP contribution in [0, 0.1) is 6.92 Å². The number of nitrogens with one attached hydrogen (secondary N) is 2. The van der Waals surface area contributed by atoms with Crippen molar-refractivity contribution in [2.24, 2.45) is 0 Å². The van der Waals surface area contributed by atoms with E-state index in [0.717, 1.165) is 61.3 Å². The molecule has 1 aliphatic heterocycles. The molecule has 1 aliphatic rings. The largest absolute Gasteiger partial charge is 0.497 e. The number of fused-ring (bicyclic) bond motifs is 1. The molecule has 0 amide bonds. The highest BCUT2D eigenvalue weighted by Gasteiger charge is 2.16. The van der Waals surface area contributed by atoms with Gasteiger partial charge in [-0.25, -0.2) is 9.97 Å². The lowest BCUT2D eigenvalue weighted by molar-refractivity contribution is 0.393. The zero-order valence-electron chi connectivity index (χ0n) is 14.5. The van der Waals surface area contributed by atoms with Crippen molar-refractivity contribution in [1.29, 1.82) is 0 Å². The molecule has 0 saturated carbocycles. The van der Waals surface area contributed by atoms with Crippen LogP contribution in [0.5, 0.6) is 11.5 Å². The number of aryl methyl sites for hydroxylation is 1. The van der Waals surface area contributed by atoms with Crippen LogP contribution < -0.4 is 20.1 Å². The van der Waals surface area contributed by atoms with Crippen molar-refractivity contribution in [2.45, 2.75) is 26.3 Å². The van der Waals surface area contributed by atoms with E-state index in [1.807, 2.05) is 25.1 Å². The van der Waals surface area contributed by atoms with Crippen LogP contribution in [0.2, 0.25) is 0 Å². The monoisotopic (exact) mass is 328 g/mol. The fourth-order valence-corrected chi connectivity index (χ4v) is 2.97. The topological polar surface area (TPSA) is 68.3 Å². The maximum absolute atomic E-state index is 5.32. The maximum Gasteiger partial charge on any atom is 0.133 e. The minimum absolute atomic E-state index is 0.798. The fourth-order valence-electron chi connectivity index (χ4n) is 2.97. The SMILES string of the molecule is COc1cc(CCNc2nc(C)nc3c2CCNC3)cc(OC)c1. The van der Waals surface area contributed by atoms with Crippen molar-refractivity contribution < 1.29 is 9.47 Å². The molecule has 0 atom stereocenters. The zero-order valence-corrected chi connectivity index (χ0v) is 14.5. The molecular formula is C18H24N4O2. The molecule has 6 heteroatoms. The van der Waals surface area contributed by atoms with Gasteiger partial charge in [-0.1, -0.05) is 0 Å². The Morgan fingerprint density at radius 1 is 1.12 bits per heavy atom. The highest BCUT2D eigenvalue weighted by atomic mass is 16.5. The predicted molar refractivity (Wildman–Crippen MR) is 93.9 cm³/mol. The lowest BCUT2D eigenvalue weighted by Crippen LogP contribution is -2.27. The Labute approximate surface area is 142 Å². The predicted octanol–water partition coefficient (Wildman–Crippen LogP) is 2.10. The van der Waals surface area contributed by atoms with Gasteiger partial charge in [-0.3, -0.25) is 0 Å². The van der Waals surface area contributed by atoms with Crippen molar-refractivity contribution in [3.63, 3.8) is 0 Å². The molecule has 2 aromatic rings. The molecule has 0 bridgehead atoms. The minimum Gasteiger partial charge on any atom is -0.497 e. The van der Waals surface area contributed by atoms with E-state index in [1.165, 1.54) is 11.1 Å². The number of nitrogens with zero attached hydrogens (tertiary/aromatic N) is 2. The molecular weight excluding hydrogens is 304 g/mol. The molecule has 0 fully saturated rings. The van der Waals surface area contributed by atoms with Crippen LogP contribution in [0.3, 0.4) is 0 Å². The number of rotatable bonds is 6. The smallest absolute Gasteiger partial charge is 0.133 e. The first-order valence-electron chi connectivity index (χ1n) is 8.22. The van der Waals surface area contributed by atoms with Gasteiger partial charge in [0.2, 0.25) is 0 Å². The van der Waals surface area contributed by atoms with Gasteiger partial charge < -0.3 is 20.1 Å². The summed E-state index contributed by atoms with van der Waals surface area (Å²) in [4.78, 5) is 9.13. The molecule has 24 heavy (non-hydrogen) atoms. The quantitative estimate of drug-likeness (QED) is 0.846. The first kappa shape index (κ1) is 16.5. The Morgan fingerprint density at radius 3 is 2.58 bits per heavy atom. The van der Waals surface area contributed by atoms with Gasteiger partial charge in [0, 0.05) is 24.7 Å². The third-order valence-electron chi connectivity index (χ3n) is 4.17. The average Bonchev–Trinajstić information content (AvgIpc) is 2.61. The Balaban J connectivity index is 1.70. The first-order chi connectivity index (χ1) is 11.7. The summed E-state index contributed by atoms with van der Waals surface area (Å²) in [5, 5.41) is 6.83. The third-order valence-corrected chi connectivity index (χ3v) is 4.17. The van der Waals surface area contributed by atoms with Gasteiger partial charge in [0.05, 0.1) is 19.9 Å². The molecule has 2 N–H and O–H groups in total. The number of ether oxygens (including phenoxy) is 2. The maximum atomic E-state index is 5.32. The van der Waals surface area contributed by atoms with Crippen LogP contribution in [0.25, 0.3) is 0 Å². The molecule has 0 saturated heterocycles. The molecule has 0 spiro atoms. The summed E-state index contributed by atoms with van der Waals surface area (Å²) in [5.74, 6) is 3.40. The van der Waals surface area contributed by atoms with Crippen LogP contribution in [0.4, 0.5) is 5.82 Å². The molecule has 128 valence electrons. The number of benzene rings is 1. The van der Waals surface area contributed by atoms with E-state index in [4.69, 9.17) is 9.47 Å². The fraction of sp³-hybridized carbons (Fsp3) is 0.444. The average molecular weight is 328 g/mol. The second-order valence-corrected chi connectivity index (χ2v) is 5.87. The van der Waals surface area contributed by atoms with E-state index in [9.17, 15) is 0 Å². The number of hydrogen-bond donors (Lipinski definition) is 2. The van der Waals surface area contributed by atoms with Gasteiger partial charge in [-0.05, 0) is 44.0 Å².